The van der Waals surface area contributed by atoms with E-state index in [1.165, 1.54) is 5.56 Å². The van der Waals surface area contributed by atoms with Crippen LogP contribution in [0.2, 0.25) is 0 Å². The Morgan fingerprint density at radius 2 is 1.88 bits per heavy atom. The van der Waals surface area contributed by atoms with Crippen molar-refractivity contribution >= 4 is 23.3 Å². The highest BCUT2D eigenvalue weighted by atomic mass is 32.1. The summed E-state index contributed by atoms with van der Waals surface area (Å²) in [6.45, 7) is 4.70. The topological polar surface area (TPSA) is 70.2 Å². The van der Waals surface area contributed by atoms with Crippen LogP contribution in [0, 0.1) is 0 Å². The normalized spacial score (nSPS) is 11.8. The second-order valence-electron chi connectivity index (χ2n) is 5.73. The third-order valence-electron chi connectivity index (χ3n) is 3.80. The molecule has 3 amide bonds. The molecule has 1 aromatic heterocycles. The van der Waals surface area contributed by atoms with Crippen molar-refractivity contribution in [2.75, 3.05) is 13.1 Å². The Morgan fingerprint density at radius 1 is 1.12 bits per heavy atom. The zero-order valence-corrected chi connectivity index (χ0v) is 15.5. The standard InChI is InChI=1S/C19H25N3O2S/c1-3-11-20-19(24)22-17(23)13-21-18(16-6-5-12-25-16)15-9-7-14(4-2)8-10-15/h5-10,12,18,21H,3-4,11,13H2,1-2H3,(H2,20,22,23,24)/t18-/m1/s1. The fourth-order valence-electron chi connectivity index (χ4n) is 2.43. The number of amides is 3. The first kappa shape index (κ1) is 19.1. The molecule has 0 fully saturated rings. The number of carbonyl (C=O) groups excluding carboxylic acids is 2. The van der Waals surface area contributed by atoms with Gasteiger partial charge in [-0.2, -0.15) is 0 Å². The molecule has 3 N–H and O–H groups in total. The van der Waals surface area contributed by atoms with Gasteiger partial charge in [0.05, 0.1) is 12.6 Å². The lowest BCUT2D eigenvalue weighted by molar-refractivity contribution is -0.119. The molecule has 0 saturated carbocycles. The number of benzene rings is 1. The Kier molecular flexibility index (Phi) is 7.63. The Morgan fingerprint density at radius 3 is 2.48 bits per heavy atom. The summed E-state index contributed by atoms with van der Waals surface area (Å²) in [6, 6.07) is 11.9. The van der Waals surface area contributed by atoms with Gasteiger partial charge in [-0.05, 0) is 35.4 Å². The molecule has 0 unspecified atom stereocenters. The number of rotatable bonds is 8. The second-order valence-corrected chi connectivity index (χ2v) is 6.71. The van der Waals surface area contributed by atoms with Crippen LogP contribution >= 0.6 is 11.3 Å². The number of hydrogen-bond donors (Lipinski definition) is 3. The highest BCUT2D eigenvalue weighted by Gasteiger charge is 2.17. The van der Waals surface area contributed by atoms with Gasteiger partial charge in [-0.3, -0.25) is 15.4 Å². The maximum atomic E-state index is 12.0. The van der Waals surface area contributed by atoms with Gasteiger partial charge < -0.3 is 5.32 Å². The number of aryl methyl sites for hydroxylation is 1. The van der Waals surface area contributed by atoms with E-state index in [4.69, 9.17) is 0 Å². The highest BCUT2D eigenvalue weighted by Crippen LogP contribution is 2.26. The molecule has 134 valence electrons. The summed E-state index contributed by atoms with van der Waals surface area (Å²) in [6.07, 6.45) is 1.82. The van der Waals surface area contributed by atoms with Crippen LogP contribution in [0.5, 0.6) is 0 Å². The molecule has 0 aliphatic carbocycles. The van der Waals surface area contributed by atoms with Gasteiger partial charge in [-0.15, -0.1) is 11.3 Å². The quantitative estimate of drug-likeness (QED) is 0.678. The summed E-state index contributed by atoms with van der Waals surface area (Å²) in [5.74, 6) is -0.347. The number of urea groups is 1. The Balaban J connectivity index is 2.00. The smallest absolute Gasteiger partial charge is 0.321 e. The lowest BCUT2D eigenvalue weighted by atomic mass is 10.0. The fourth-order valence-corrected chi connectivity index (χ4v) is 3.26. The molecule has 0 aliphatic rings. The summed E-state index contributed by atoms with van der Waals surface area (Å²) in [5, 5.41) is 10.2. The maximum absolute atomic E-state index is 12.0. The molecule has 1 heterocycles. The number of carbonyl (C=O) groups is 2. The van der Waals surface area contributed by atoms with Crippen LogP contribution in [0.3, 0.4) is 0 Å². The van der Waals surface area contributed by atoms with Crippen molar-refractivity contribution in [2.45, 2.75) is 32.7 Å². The van der Waals surface area contributed by atoms with E-state index < -0.39 is 6.03 Å². The minimum atomic E-state index is -0.450. The minimum absolute atomic E-state index is 0.0671. The zero-order valence-electron chi connectivity index (χ0n) is 14.7. The molecule has 2 rings (SSSR count). The molecule has 2 aromatic rings. The van der Waals surface area contributed by atoms with Gasteiger partial charge in [0.2, 0.25) is 5.91 Å². The van der Waals surface area contributed by atoms with E-state index in [0.29, 0.717) is 6.54 Å². The van der Waals surface area contributed by atoms with E-state index in [-0.39, 0.29) is 18.5 Å². The van der Waals surface area contributed by atoms with Gasteiger partial charge in [0.25, 0.3) is 0 Å². The molecular weight excluding hydrogens is 334 g/mol. The number of hydrogen-bond acceptors (Lipinski definition) is 4. The molecule has 0 spiro atoms. The predicted molar refractivity (Wildman–Crippen MR) is 102 cm³/mol. The molecule has 0 radical (unpaired) electrons. The summed E-state index contributed by atoms with van der Waals surface area (Å²) in [7, 11) is 0. The van der Waals surface area contributed by atoms with Gasteiger partial charge in [-0.25, -0.2) is 4.79 Å². The number of nitrogens with one attached hydrogen (secondary N) is 3. The van der Waals surface area contributed by atoms with Gasteiger partial charge in [0, 0.05) is 11.4 Å². The third-order valence-corrected chi connectivity index (χ3v) is 4.74. The Labute approximate surface area is 152 Å². The van der Waals surface area contributed by atoms with Crippen LogP contribution in [-0.2, 0) is 11.2 Å². The van der Waals surface area contributed by atoms with Gasteiger partial charge in [-0.1, -0.05) is 44.2 Å². The monoisotopic (exact) mass is 359 g/mol. The van der Waals surface area contributed by atoms with Crippen molar-refractivity contribution in [1.82, 2.24) is 16.0 Å². The van der Waals surface area contributed by atoms with Gasteiger partial charge >= 0.3 is 6.03 Å². The van der Waals surface area contributed by atoms with Gasteiger partial charge in [0.15, 0.2) is 0 Å². The molecular formula is C19H25N3O2S. The van der Waals surface area contributed by atoms with Crippen LogP contribution in [0.1, 0.15) is 42.3 Å². The van der Waals surface area contributed by atoms with Crippen molar-refractivity contribution in [2.24, 2.45) is 0 Å². The average molecular weight is 359 g/mol. The average Bonchev–Trinajstić information content (AvgIpc) is 3.15. The molecule has 0 saturated heterocycles. The third kappa shape index (κ3) is 5.99. The highest BCUT2D eigenvalue weighted by molar-refractivity contribution is 7.10. The summed E-state index contributed by atoms with van der Waals surface area (Å²) < 4.78 is 0. The fraction of sp³-hybridized carbons (Fsp3) is 0.368. The van der Waals surface area contributed by atoms with Crippen LogP contribution < -0.4 is 16.0 Å². The number of imide groups is 1. The summed E-state index contributed by atoms with van der Waals surface area (Å²) in [4.78, 5) is 24.7. The van der Waals surface area contributed by atoms with E-state index >= 15 is 0 Å². The maximum Gasteiger partial charge on any atom is 0.321 e. The molecule has 6 heteroatoms. The zero-order chi connectivity index (χ0) is 18.1. The Hall–Kier alpha value is -2.18. The lowest BCUT2D eigenvalue weighted by Crippen LogP contribution is -2.44. The molecule has 5 nitrogen and oxygen atoms in total. The second kappa shape index (κ2) is 9.96. The largest absolute Gasteiger partial charge is 0.338 e. The molecule has 0 aliphatic heterocycles. The summed E-state index contributed by atoms with van der Waals surface area (Å²) in [5.41, 5.74) is 2.38. The van der Waals surface area contributed by atoms with E-state index in [2.05, 4.69) is 47.1 Å². The van der Waals surface area contributed by atoms with E-state index in [1.54, 1.807) is 11.3 Å². The Bertz CT molecular complexity index is 668. The van der Waals surface area contributed by atoms with Crippen LogP contribution in [-0.4, -0.2) is 25.0 Å². The number of thiophene rings is 1. The first-order valence-corrected chi connectivity index (χ1v) is 9.45. The van der Waals surface area contributed by atoms with Crippen molar-refractivity contribution in [3.63, 3.8) is 0 Å². The van der Waals surface area contributed by atoms with E-state index in [1.807, 2.05) is 24.4 Å². The minimum Gasteiger partial charge on any atom is -0.338 e. The van der Waals surface area contributed by atoms with Crippen molar-refractivity contribution in [1.29, 1.82) is 0 Å². The molecule has 25 heavy (non-hydrogen) atoms. The van der Waals surface area contributed by atoms with Crippen molar-refractivity contribution in [3.8, 4) is 0 Å². The van der Waals surface area contributed by atoms with Crippen LogP contribution in [0.25, 0.3) is 0 Å². The van der Waals surface area contributed by atoms with Crippen molar-refractivity contribution in [3.05, 3.63) is 57.8 Å². The summed E-state index contributed by atoms with van der Waals surface area (Å²) >= 11 is 1.64. The van der Waals surface area contributed by atoms with E-state index in [9.17, 15) is 9.59 Å². The van der Waals surface area contributed by atoms with E-state index in [0.717, 1.165) is 23.3 Å². The van der Waals surface area contributed by atoms with Crippen LogP contribution in [0.4, 0.5) is 4.79 Å². The molecule has 1 atom stereocenters. The molecule has 0 bridgehead atoms. The first-order valence-electron chi connectivity index (χ1n) is 8.57. The lowest BCUT2D eigenvalue weighted by Gasteiger charge is -2.18. The first-order chi connectivity index (χ1) is 12.1. The predicted octanol–water partition coefficient (Wildman–Crippen LogP) is 3.23. The van der Waals surface area contributed by atoms with Crippen molar-refractivity contribution < 1.29 is 9.59 Å². The SMILES string of the molecule is CCCNC(=O)NC(=O)CN[C@H](c1ccc(CC)cc1)c1cccs1. The molecule has 1 aromatic carbocycles. The van der Waals surface area contributed by atoms with Crippen LogP contribution in [0.15, 0.2) is 41.8 Å². The van der Waals surface area contributed by atoms with Gasteiger partial charge in [0.1, 0.15) is 0 Å².